The van der Waals surface area contributed by atoms with Crippen molar-refractivity contribution in [1.82, 2.24) is 5.32 Å². The van der Waals surface area contributed by atoms with E-state index >= 15 is 0 Å². The van der Waals surface area contributed by atoms with Crippen molar-refractivity contribution in [3.8, 4) is 0 Å². The highest BCUT2D eigenvalue weighted by atomic mass is 79.9. The van der Waals surface area contributed by atoms with E-state index in [2.05, 4.69) is 21.2 Å². The van der Waals surface area contributed by atoms with E-state index < -0.39 is 17.8 Å². The first-order valence-electron chi connectivity index (χ1n) is 5.70. The van der Waals surface area contributed by atoms with Gasteiger partial charge < -0.3 is 10.2 Å². The number of hydrogen-bond acceptors (Lipinski definition) is 2. The minimum absolute atomic E-state index is 0.0848. The molecule has 1 aliphatic heterocycles. The van der Waals surface area contributed by atoms with Crippen LogP contribution in [0.4, 0.5) is 18.9 Å². The van der Waals surface area contributed by atoms with Crippen molar-refractivity contribution in [1.29, 1.82) is 0 Å². The zero-order chi connectivity index (χ0) is 14.2. The molecule has 0 aromatic heterocycles. The van der Waals surface area contributed by atoms with Gasteiger partial charge in [0.05, 0.1) is 17.3 Å². The standard InChI is InChI=1S/C12H12BrF3N2O/c1-17-9-4-5-18(11(9)19)10-3-2-7(13)6-8(10)12(14,15)16/h2-3,6,9,17H,4-5H2,1H3. The van der Waals surface area contributed by atoms with E-state index in [1.807, 2.05) is 0 Å². The van der Waals surface area contributed by atoms with Gasteiger partial charge in [-0.15, -0.1) is 0 Å². The number of anilines is 1. The molecular weight excluding hydrogens is 325 g/mol. The van der Waals surface area contributed by atoms with Gasteiger partial charge in [0, 0.05) is 11.0 Å². The van der Waals surface area contributed by atoms with Crippen LogP contribution in [-0.2, 0) is 11.0 Å². The lowest BCUT2D eigenvalue weighted by atomic mass is 10.1. The zero-order valence-electron chi connectivity index (χ0n) is 10.1. The van der Waals surface area contributed by atoms with Crippen molar-refractivity contribution in [3.05, 3.63) is 28.2 Å². The largest absolute Gasteiger partial charge is 0.418 e. The molecule has 104 valence electrons. The Kier molecular flexibility index (Phi) is 3.87. The Hall–Kier alpha value is -1.08. The molecule has 1 aliphatic rings. The summed E-state index contributed by atoms with van der Waals surface area (Å²) in [5.41, 5.74) is -0.884. The Morgan fingerprint density at radius 1 is 1.42 bits per heavy atom. The predicted octanol–water partition coefficient (Wildman–Crippen LogP) is 2.79. The van der Waals surface area contributed by atoms with Crippen LogP contribution in [0.1, 0.15) is 12.0 Å². The van der Waals surface area contributed by atoms with Gasteiger partial charge in [-0.3, -0.25) is 4.79 Å². The summed E-state index contributed by atoms with van der Waals surface area (Å²) in [7, 11) is 1.62. The molecule has 1 N–H and O–H groups in total. The van der Waals surface area contributed by atoms with E-state index in [-0.39, 0.29) is 18.1 Å². The van der Waals surface area contributed by atoms with Crippen molar-refractivity contribution in [2.75, 3.05) is 18.5 Å². The minimum atomic E-state index is -4.49. The number of benzene rings is 1. The van der Waals surface area contributed by atoms with Gasteiger partial charge in [-0.2, -0.15) is 13.2 Å². The van der Waals surface area contributed by atoms with Crippen LogP contribution in [0.15, 0.2) is 22.7 Å². The van der Waals surface area contributed by atoms with Crippen molar-refractivity contribution in [2.45, 2.75) is 18.6 Å². The lowest BCUT2D eigenvalue weighted by molar-refractivity contribution is -0.137. The Labute approximate surface area is 116 Å². The first-order valence-corrected chi connectivity index (χ1v) is 6.49. The molecule has 1 aromatic rings. The van der Waals surface area contributed by atoms with Gasteiger partial charge in [-0.1, -0.05) is 15.9 Å². The van der Waals surface area contributed by atoms with Crippen molar-refractivity contribution < 1.29 is 18.0 Å². The van der Waals surface area contributed by atoms with E-state index in [1.165, 1.54) is 17.0 Å². The monoisotopic (exact) mass is 336 g/mol. The number of nitrogens with one attached hydrogen (secondary N) is 1. The fourth-order valence-corrected chi connectivity index (χ4v) is 2.52. The molecule has 0 saturated carbocycles. The number of carbonyl (C=O) groups is 1. The maximum Gasteiger partial charge on any atom is 0.418 e. The summed E-state index contributed by atoms with van der Waals surface area (Å²) >= 11 is 3.02. The van der Waals surface area contributed by atoms with Crippen LogP contribution in [0.25, 0.3) is 0 Å². The number of halogens is 4. The van der Waals surface area contributed by atoms with Crippen LogP contribution in [0.3, 0.4) is 0 Å². The quantitative estimate of drug-likeness (QED) is 0.900. The topological polar surface area (TPSA) is 32.3 Å². The Morgan fingerprint density at radius 2 is 2.11 bits per heavy atom. The molecule has 2 rings (SSSR count). The molecule has 0 radical (unpaired) electrons. The van der Waals surface area contributed by atoms with E-state index in [4.69, 9.17) is 0 Å². The number of alkyl halides is 3. The molecule has 1 atom stereocenters. The molecule has 1 aromatic carbocycles. The average Bonchev–Trinajstić information content (AvgIpc) is 2.69. The SMILES string of the molecule is CNC1CCN(c2ccc(Br)cc2C(F)(F)F)C1=O. The number of amides is 1. The molecule has 7 heteroatoms. The molecule has 0 bridgehead atoms. The second-order valence-electron chi connectivity index (χ2n) is 4.28. The van der Waals surface area contributed by atoms with Crippen molar-refractivity contribution in [3.63, 3.8) is 0 Å². The highest BCUT2D eigenvalue weighted by Gasteiger charge is 2.39. The summed E-state index contributed by atoms with van der Waals surface area (Å²) in [6.07, 6.45) is -3.99. The number of nitrogens with zero attached hydrogens (tertiary/aromatic N) is 1. The smallest absolute Gasteiger partial charge is 0.310 e. The van der Waals surface area contributed by atoms with Gasteiger partial charge in [0.1, 0.15) is 0 Å². The summed E-state index contributed by atoms with van der Waals surface area (Å²) in [5.74, 6) is -0.324. The van der Waals surface area contributed by atoms with Crippen molar-refractivity contribution >= 4 is 27.5 Å². The third kappa shape index (κ3) is 2.76. The highest BCUT2D eigenvalue weighted by Crippen LogP contribution is 2.39. The van der Waals surface area contributed by atoms with Crippen LogP contribution < -0.4 is 10.2 Å². The fourth-order valence-electron chi connectivity index (χ4n) is 2.16. The molecule has 1 unspecified atom stereocenters. The first kappa shape index (κ1) is 14.3. The highest BCUT2D eigenvalue weighted by molar-refractivity contribution is 9.10. The lowest BCUT2D eigenvalue weighted by Crippen LogP contribution is -2.37. The molecule has 1 heterocycles. The van der Waals surface area contributed by atoms with Gasteiger partial charge in [-0.25, -0.2) is 0 Å². The Morgan fingerprint density at radius 3 is 2.63 bits per heavy atom. The second-order valence-corrected chi connectivity index (χ2v) is 5.19. The van der Waals surface area contributed by atoms with Gasteiger partial charge in [0.25, 0.3) is 0 Å². The number of likely N-dealkylation sites (N-methyl/N-ethyl adjacent to an activating group) is 1. The normalized spacial score (nSPS) is 20.2. The summed E-state index contributed by atoms with van der Waals surface area (Å²) in [5, 5.41) is 2.80. The van der Waals surface area contributed by atoms with Gasteiger partial charge in [0.2, 0.25) is 5.91 Å². The van der Waals surface area contributed by atoms with E-state index in [1.54, 1.807) is 7.05 Å². The van der Waals surface area contributed by atoms with Crippen LogP contribution in [0.2, 0.25) is 0 Å². The Balaban J connectivity index is 2.43. The summed E-state index contributed by atoms with van der Waals surface area (Å²) in [4.78, 5) is 13.2. The average molecular weight is 337 g/mol. The van der Waals surface area contributed by atoms with Gasteiger partial charge >= 0.3 is 6.18 Å². The minimum Gasteiger partial charge on any atom is -0.310 e. The van der Waals surface area contributed by atoms with Crippen LogP contribution in [-0.4, -0.2) is 25.5 Å². The molecule has 1 saturated heterocycles. The van der Waals surface area contributed by atoms with E-state index in [0.717, 1.165) is 6.07 Å². The third-order valence-corrected chi connectivity index (χ3v) is 3.60. The molecule has 0 aliphatic carbocycles. The first-order chi connectivity index (χ1) is 8.84. The molecule has 0 spiro atoms. The number of rotatable bonds is 2. The molecule has 1 fully saturated rings. The van der Waals surface area contributed by atoms with Gasteiger partial charge in [-0.05, 0) is 31.7 Å². The summed E-state index contributed by atoms with van der Waals surface area (Å²) < 4.78 is 39.4. The summed E-state index contributed by atoms with van der Waals surface area (Å²) in [6.45, 7) is 0.287. The fraction of sp³-hybridized carbons (Fsp3) is 0.417. The van der Waals surface area contributed by atoms with E-state index in [0.29, 0.717) is 10.9 Å². The van der Waals surface area contributed by atoms with Crippen LogP contribution >= 0.6 is 15.9 Å². The number of hydrogen-bond donors (Lipinski definition) is 1. The maximum absolute atomic E-state index is 13.0. The molecule has 1 amide bonds. The van der Waals surface area contributed by atoms with Crippen LogP contribution in [0, 0.1) is 0 Å². The number of carbonyl (C=O) groups excluding carboxylic acids is 1. The molecule has 3 nitrogen and oxygen atoms in total. The molecular formula is C12H12BrF3N2O. The zero-order valence-corrected chi connectivity index (χ0v) is 11.7. The predicted molar refractivity (Wildman–Crippen MR) is 69.0 cm³/mol. The third-order valence-electron chi connectivity index (χ3n) is 3.11. The Bertz CT molecular complexity index is 504. The van der Waals surface area contributed by atoms with Gasteiger partial charge in [0.15, 0.2) is 0 Å². The lowest BCUT2D eigenvalue weighted by Gasteiger charge is -2.22. The second kappa shape index (κ2) is 5.13. The summed E-state index contributed by atoms with van der Waals surface area (Å²) in [6, 6.07) is 3.41. The van der Waals surface area contributed by atoms with Crippen molar-refractivity contribution in [2.24, 2.45) is 0 Å². The maximum atomic E-state index is 13.0. The van der Waals surface area contributed by atoms with E-state index in [9.17, 15) is 18.0 Å². The van der Waals surface area contributed by atoms with Crippen LogP contribution in [0.5, 0.6) is 0 Å². The molecule has 19 heavy (non-hydrogen) atoms.